The van der Waals surface area contributed by atoms with Crippen molar-refractivity contribution in [3.05, 3.63) is 0 Å². The van der Waals surface area contributed by atoms with Crippen LogP contribution in [0.15, 0.2) is 0 Å². The van der Waals surface area contributed by atoms with Crippen LogP contribution in [0.5, 0.6) is 0 Å². The molecule has 0 atom stereocenters. The van der Waals surface area contributed by atoms with Crippen molar-refractivity contribution in [1.82, 2.24) is 0 Å². The summed E-state index contributed by atoms with van der Waals surface area (Å²) in [5.74, 6) is -15.4. The summed E-state index contributed by atoms with van der Waals surface area (Å²) in [6.45, 7) is 0. The Balaban J connectivity index is 6.38. The molecule has 122 valence electrons. The summed E-state index contributed by atoms with van der Waals surface area (Å²) >= 11 is 0. The smallest absolute Gasteiger partial charge is 0.305 e. The number of halogens is 13. The van der Waals surface area contributed by atoms with Gasteiger partial charge >= 0.3 is 30.4 Å². The van der Waals surface area contributed by atoms with Crippen LogP contribution < -0.4 is 5.73 Å². The van der Waals surface area contributed by atoms with Gasteiger partial charge in [-0.1, -0.05) is 0 Å². The SMILES string of the molecule is NC(C(F)(F)F)(C(F)(F)F)C(F)(F)C(F)(F)C(F)(F)F. The van der Waals surface area contributed by atoms with Crippen molar-refractivity contribution in [2.45, 2.75) is 35.9 Å². The summed E-state index contributed by atoms with van der Waals surface area (Å²) in [7, 11) is 0. The topological polar surface area (TPSA) is 26.0 Å². The number of nitrogens with two attached hydrogens (primary N) is 1. The van der Waals surface area contributed by atoms with Crippen LogP contribution in [-0.2, 0) is 0 Å². The maximum absolute atomic E-state index is 12.7. The lowest BCUT2D eigenvalue weighted by Crippen LogP contribution is -2.79. The molecule has 0 radical (unpaired) electrons. The Labute approximate surface area is 100 Å². The first-order chi connectivity index (χ1) is 8.25. The van der Waals surface area contributed by atoms with Crippen LogP contribution in [0.3, 0.4) is 0 Å². The lowest BCUT2D eigenvalue weighted by Gasteiger charge is -2.42. The lowest BCUT2D eigenvalue weighted by molar-refractivity contribution is -0.426. The van der Waals surface area contributed by atoms with Gasteiger partial charge < -0.3 is 5.73 Å². The molecule has 0 aliphatic carbocycles. The zero-order valence-electron chi connectivity index (χ0n) is 8.49. The minimum absolute atomic E-state index is 3.23. The molecule has 0 heterocycles. The zero-order valence-corrected chi connectivity index (χ0v) is 8.49. The monoisotopic (exact) mass is 335 g/mol. The zero-order chi connectivity index (χ0) is 17.0. The van der Waals surface area contributed by atoms with Gasteiger partial charge in [0, 0.05) is 0 Å². The highest BCUT2D eigenvalue weighted by Crippen LogP contribution is 2.58. The molecule has 14 heteroatoms. The van der Waals surface area contributed by atoms with E-state index in [-0.39, 0.29) is 0 Å². The molecule has 0 aromatic carbocycles. The summed E-state index contributed by atoms with van der Waals surface area (Å²) in [6, 6.07) is 0. The van der Waals surface area contributed by atoms with Crippen molar-refractivity contribution in [3.8, 4) is 0 Å². The predicted octanol–water partition coefficient (Wildman–Crippen LogP) is 3.64. The van der Waals surface area contributed by atoms with E-state index in [1.165, 1.54) is 0 Å². The summed E-state index contributed by atoms with van der Waals surface area (Å²) in [6.07, 6.45) is -22.1. The fourth-order valence-electron chi connectivity index (χ4n) is 0.942. The number of hydrogen-bond acceptors (Lipinski definition) is 1. The minimum Gasteiger partial charge on any atom is -0.305 e. The van der Waals surface area contributed by atoms with Crippen LogP contribution in [0.1, 0.15) is 0 Å². The first kappa shape index (κ1) is 19.1. The van der Waals surface area contributed by atoms with Gasteiger partial charge in [-0.25, -0.2) is 0 Å². The van der Waals surface area contributed by atoms with Gasteiger partial charge in [0.2, 0.25) is 0 Å². The van der Waals surface area contributed by atoms with E-state index in [0.717, 1.165) is 0 Å². The van der Waals surface area contributed by atoms with Gasteiger partial charge in [-0.3, -0.25) is 0 Å². The molecule has 0 amide bonds. The molecule has 0 unspecified atom stereocenters. The van der Waals surface area contributed by atoms with Gasteiger partial charge in [0.05, 0.1) is 0 Å². The van der Waals surface area contributed by atoms with E-state index in [4.69, 9.17) is 0 Å². The van der Waals surface area contributed by atoms with Crippen molar-refractivity contribution >= 4 is 0 Å². The van der Waals surface area contributed by atoms with Crippen molar-refractivity contribution < 1.29 is 57.1 Å². The number of hydrogen-bond donors (Lipinski definition) is 1. The Hall–Kier alpha value is -0.950. The lowest BCUT2D eigenvalue weighted by atomic mass is 9.86. The second-order valence-electron chi connectivity index (χ2n) is 3.45. The second-order valence-corrected chi connectivity index (χ2v) is 3.45. The molecule has 2 N–H and O–H groups in total. The minimum atomic E-state index is -7.73. The van der Waals surface area contributed by atoms with Crippen LogP contribution in [-0.4, -0.2) is 35.9 Å². The van der Waals surface area contributed by atoms with Crippen LogP contribution in [0, 0.1) is 0 Å². The third kappa shape index (κ3) is 2.26. The average molecular weight is 335 g/mol. The standard InChI is InChI=1S/C6H2F13N/c7-2(8,3(9,10)6(17,18)19)1(20,4(11,12)13)5(14,15)16/h20H2. The van der Waals surface area contributed by atoms with Crippen LogP contribution >= 0.6 is 0 Å². The van der Waals surface area contributed by atoms with E-state index in [2.05, 4.69) is 5.73 Å². The highest BCUT2D eigenvalue weighted by Gasteiger charge is 2.91. The van der Waals surface area contributed by atoms with Gasteiger partial charge in [0.1, 0.15) is 0 Å². The molecule has 0 saturated carbocycles. The first-order valence-electron chi connectivity index (χ1n) is 4.00. The molecular weight excluding hydrogens is 333 g/mol. The van der Waals surface area contributed by atoms with Crippen molar-refractivity contribution in [3.63, 3.8) is 0 Å². The molecule has 0 aliphatic heterocycles. The maximum atomic E-state index is 12.7. The molecule has 0 saturated heterocycles. The summed E-state index contributed by atoms with van der Waals surface area (Å²) < 4.78 is 157. The first-order valence-corrected chi connectivity index (χ1v) is 4.00. The van der Waals surface area contributed by atoms with Gasteiger partial charge in [0.25, 0.3) is 5.54 Å². The Morgan fingerprint density at radius 1 is 0.400 bits per heavy atom. The molecule has 1 nitrogen and oxygen atoms in total. The Morgan fingerprint density at radius 2 is 0.650 bits per heavy atom. The van der Waals surface area contributed by atoms with Crippen molar-refractivity contribution in [2.24, 2.45) is 5.73 Å². The molecule has 20 heavy (non-hydrogen) atoms. The number of alkyl halides is 13. The molecular formula is C6H2F13N. The molecule has 0 rings (SSSR count). The summed E-state index contributed by atoms with van der Waals surface area (Å²) in [5.41, 5.74) is -3.86. The molecule has 0 fully saturated rings. The van der Waals surface area contributed by atoms with Crippen LogP contribution in [0.25, 0.3) is 0 Å². The van der Waals surface area contributed by atoms with Gasteiger partial charge in [-0.2, -0.15) is 57.1 Å². The molecule has 0 aromatic rings. The van der Waals surface area contributed by atoms with Crippen LogP contribution in [0.4, 0.5) is 57.1 Å². The fourth-order valence-corrected chi connectivity index (χ4v) is 0.942. The van der Waals surface area contributed by atoms with E-state index in [1.54, 1.807) is 0 Å². The quantitative estimate of drug-likeness (QED) is 0.766. The van der Waals surface area contributed by atoms with E-state index in [9.17, 15) is 57.1 Å². The second kappa shape index (κ2) is 4.27. The average Bonchev–Trinajstić information content (AvgIpc) is 2.10. The summed E-state index contributed by atoms with van der Waals surface area (Å²) in [5, 5.41) is 0. The molecule has 0 aromatic heterocycles. The Bertz CT molecular complexity index is 343. The third-order valence-corrected chi connectivity index (χ3v) is 2.14. The predicted molar refractivity (Wildman–Crippen MR) is 35.0 cm³/mol. The largest absolute Gasteiger partial charge is 0.459 e. The van der Waals surface area contributed by atoms with Gasteiger partial charge in [-0.05, 0) is 0 Å². The third-order valence-electron chi connectivity index (χ3n) is 2.14. The van der Waals surface area contributed by atoms with E-state index in [0.29, 0.717) is 0 Å². The normalized spacial score (nSPS) is 16.5. The Kier molecular flexibility index (Phi) is 4.07. The Morgan fingerprint density at radius 3 is 0.800 bits per heavy atom. The van der Waals surface area contributed by atoms with Crippen molar-refractivity contribution in [2.75, 3.05) is 0 Å². The van der Waals surface area contributed by atoms with E-state index in [1.807, 2.05) is 0 Å². The molecule has 0 aliphatic rings. The van der Waals surface area contributed by atoms with Crippen molar-refractivity contribution in [1.29, 1.82) is 0 Å². The molecule has 0 bridgehead atoms. The van der Waals surface area contributed by atoms with Gasteiger partial charge in [0.15, 0.2) is 0 Å². The maximum Gasteiger partial charge on any atom is 0.459 e. The summed E-state index contributed by atoms with van der Waals surface area (Å²) in [4.78, 5) is 0. The number of rotatable bonds is 2. The fraction of sp³-hybridized carbons (Fsp3) is 1.00. The highest BCUT2D eigenvalue weighted by molar-refractivity contribution is 5.15. The highest BCUT2D eigenvalue weighted by atomic mass is 19.4. The molecule has 0 spiro atoms. The van der Waals surface area contributed by atoms with E-state index < -0.39 is 35.9 Å². The van der Waals surface area contributed by atoms with Crippen LogP contribution in [0.2, 0.25) is 0 Å². The van der Waals surface area contributed by atoms with Gasteiger partial charge in [-0.15, -0.1) is 0 Å². The van der Waals surface area contributed by atoms with E-state index >= 15 is 0 Å².